The Kier molecular flexibility index (Phi) is 3.60. The minimum Gasteiger partial charge on any atom is -0.512 e. The molecule has 0 unspecified atom stereocenters. The van der Waals surface area contributed by atoms with Crippen LogP contribution in [0.25, 0.3) is 0 Å². The van der Waals surface area contributed by atoms with Crippen LogP contribution in [-0.4, -0.2) is 10.8 Å². The number of hydrogen-bond donors (Lipinski definition) is 1. The second-order valence-electron chi connectivity index (χ2n) is 4.46. The quantitative estimate of drug-likeness (QED) is 0.707. The van der Waals surface area contributed by atoms with Crippen LogP contribution in [0.2, 0.25) is 0 Å². The van der Waals surface area contributed by atoms with E-state index in [-0.39, 0.29) is 0 Å². The summed E-state index contributed by atoms with van der Waals surface area (Å²) in [6.07, 6.45) is 12.3. The monoisotopic (exact) mass is 217 g/mol. The van der Waals surface area contributed by atoms with Gasteiger partial charge in [0.2, 0.25) is 0 Å². The topological polar surface area (TPSA) is 32.6 Å². The fourth-order valence-corrected chi connectivity index (χ4v) is 2.14. The Labute approximate surface area is 97.1 Å². The van der Waals surface area contributed by atoms with Gasteiger partial charge in [0.15, 0.2) is 0 Å². The normalized spacial score (nSPS) is 19.3. The second kappa shape index (κ2) is 5.15. The highest BCUT2D eigenvalue weighted by Gasteiger charge is 2.16. The Hall–Kier alpha value is -1.31. The maximum atomic E-state index is 9.56. The van der Waals surface area contributed by atoms with Crippen LogP contribution in [0.15, 0.2) is 40.2 Å². The van der Waals surface area contributed by atoms with E-state index in [1.54, 1.807) is 0 Å². The molecular weight excluding hydrogens is 198 g/mol. The smallest absolute Gasteiger partial charge is 0.0963 e. The molecule has 1 aliphatic heterocycles. The fourth-order valence-electron chi connectivity index (χ4n) is 2.14. The Balaban J connectivity index is 1.98. The van der Waals surface area contributed by atoms with Crippen LogP contribution in [0, 0.1) is 0 Å². The van der Waals surface area contributed by atoms with Crippen molar-refractivity contribution in [2.24, 2.45) is 4.99 Å². The number of allylic oxidation sites excluding steroid dienone is 4. The van der Waals surface area contributed by atoms with Gasteiger partial charge >= 0.3 is 0 Å². The first-order chi connectivity index (χ1) is 7.79. The van der Waals surface area contributed by atoms with Gasteiger partial charge in [0.05, 0.1) is 11.5 Å². The van der Waals surface area contributed by atoms with Crippen molar-refractivity contribution in [3.63, 3.8) is 0 Å². The fraction of sp³-hybridized carbons (Fsp3) is 0.500. The van der Waals surface area contributed by atoms with Crippen molar-refractivity contribution in [2.75, 3.05) is 0 Å². The lowest BCUT2D eigenvalue weighted by atomic mass is 10.0. The number of nitrogens with zero attached hydrogens (tertiary/aromatic N) is 1. The lowest BCUT2D eigenvalue weighted by molar-refractivity contribution is 0.401. The summed E-state index contributed by atoms with van der Waals surface area (Å²) in [6, 6.07) is 0. The highest BCUT2D eigenvalue weighted by atomic mass is 16.3. The van der Waals surface area contributed by atoms with Crippen LogP contribution in [0.1, 0.15) is 45.4 Å². The maximum absolute atomic E-state index is 9.56. The third kappa shape index (κ3) is 2.63. The van der Waals surface area contributed by atoms with Gasteiger partial charge in [-0.2, -0.15) is 0 Å². The highest BCUT2D eigenvalue weighted by Crippen LogP contribution is 2.27. The SMILES string of the molecule is CCCCCC1=NC2=C(C=C(O)CC=C2)C1. The van der Waals surface area contributed by atoms with Gasteiger partial charge in [-0.1, -0.05) is 25.8 Å². The molecule has 86 valence electrons. The largest absolute Gasteiger partial charge is 0.512 e. The first-order valence-electron chi connectivity index (χ1n) is 6.15. The number of aliphatic imine (C=N–C) groups is 1. The number of rotatable bonds is 4. The van der Waals surface area contributed by atoms with Gasteiger partial charge in [0.1, 0.15) is 0 Å². The molecule has 2 aliphatic rings. The zero-order valence-corrected chi connectivity index (χ0v) is 9.87. The van der Waals surface area contributed by atoms with E-state index in [0.717, 1.165) is 18.5 Å². The van der Waals surface area contributed by atoms with Gasteiger partial charge in [-0.3, -0.25) is 4.99 Å². The average molecular weight is 217 g/mol. The van der Waals surface area contributed by atoms with Crippen molar-refractivity contribution < 1.29 is 5.11 Å². The molecule has 0 saturated carbocycles. The molecule has 1 aliphatic carbocycles. The third-order valence-corrected chi connectivity index (χ3v) is 3.01. The maximum Gasteiger partial charge on any atom is 0.0963 e. The third-order valence-electron chi connectivity index (χ3n) is 3.01. The minimum absolute atomic E-state index is 0.450. The average Bonchev–Trinajstić information content (AvgIpc) is 2.53. The first kappa shape index (κ1) is 11.2. The Morgan fingerprint density at radius 1 is 1.38 bits per heavy atom. The van der Waals surface area contributed by atoms with Gasteiger partial charge in [0.25, 0.3) is 0 Å². The van der Waals surface area contributed by atoms with Crippen molar-refractivity contribution in [1.29, 1.82) is 0 Å². The van der Waals surface area contributed by atoms with Crippen molar-refractivity contribution >= 4 is 5.71 Å². The number of unbranched alkanes of at least 4 members (excludes halogenated alkanes) is 2. The summed E-state index contributed by atoms with van der Waals surface area (Å²) >= 11 is 0. The zero-order valence-electron chi connectivity index (χ0n) is 9.87. The van der Waals surface area contributed by atoms with Crippen LogP contribution >= 0.6 is 0 Å². The molecule has 2 nitrogen and oxygen atoms in total. The Bertz CT molecular complexity index is 386. The van der Waals surface area contributed by atoms with Crippen LogP contribution < -0.4 is 0 Å². The molecule has 0 aromatic heterocycles. The summed E-state index contributed by atoms with van der Waals surface area (Å²) in [4.78, 5) is 4.63. The Morgan fingerprint density at radius 2 is 2.25 bits per heavy atom. The lowest BCUT2D eigenvalue weighted by Crippen LogP contribution is -1.95. The molecule has 1 N–H and O–H groups in total. The standard InChI is InChI=1S/C14H19NO/c1-2-3-4-6-12-9-11-10-13(16)7-5-8-14(11)15-12/h5,8,10,16H,2-4,6-7,9H2,1H3. The van der Waals surface area contributed by atoms with E-state index in [1.807, 2.05) is 18.2 Å². The van der Waals surface area contributed by atoms with Crippen molar-refractivity contribution in [1.82, 2.24) is 0 Å². The predicted octanol–water partition coefficient (Wildman–Crippen LogP) is 4.07. The molecule has 0 amide bonds. The molecule has 16 heavy (non-hydrogen) atoms. The molecule has 2 rings (SSSR count). The molecule has 0 aromatic carbocycles. The van der Waals surface area contributed by atoms with E-state index in [1.165, 1.54) is 30.5 Å². The molecule has 0 saturated heterocycles. The van der Waals surface area contributed by atoms with Gasteiger partial charge in [-0.25, -0.2) is 0 Å². The van der Waals surface area contributed by atoms with Gasteiger partial charge in [-0.05, 0) is 30.6 Å². The zero-order chi connectivity index (χ0) is 11.4. The summed E-state index contributed by atoms with van der Waals surface area (Å²) in [6.45, 7) is 2.22. The highest BCUT2D eigenvalue weighted by molar-refractivity contribution is 5.91. The van der Waals surface area contributed by atoms with Crippen LogP contribution in [0.3, 0.4) is 0 Å². The summed E-state index contributed by atoms with van der Waals surface area (Å²) in [5.41, 5.74) is 3.50. The summed E-state index contributed by atoms with van der Waals surface area (Å²) in [5, 5.41) is 9.56. The van der Waals surface area contributed by atoms with E-state index < -0.39 is 0 Å². The first-order valence-corrected chi connectivity index (χ1v) is 6.15. The number of hydrogen-bond acceptors (Lipinski definition) is 2. The van der Waals surface area contributed by atoms with E-state index in [9.17, 15) is 5.11 Å². The van der Waals surface area contributed by atoms with Crippen molar-refractivity contribution in [3.8, 4) is 0 Å². The van der Waals surface area contributed by atoms with Crippen molar-refractivity contribution in [2.45, 2.75) is 45.4 Å². The summed E-state index contributed by atoms with van der Waals surface area (Å²) in [7, 11) is 0. The molecule has 0 aromatic rings. The van der Waals surface area contributed by atoms with E-state index in [0.29, 0.717) is 12.2 Å². The molecular formula is C14H19NO. The second-order valence-corrected chi connectivity index (χ2v) is 4.46. The number of aliphatic hydroxyl groups excluding tert-OH is 1. The molecule has 1 heterocycles. The number of aliphatic hydroxyl groups is 1. The summed E-state index contributed by atoms with van der Waals surface area (Å²) < 4.78 is 0. The summed E-state index contributed by atoms with van der Waals surface area (Å²) in [5.74, 6) is 0.450. The molecule has 0 bridgehead atoms. The minimum atomic E-state index is 0.450. The van der Waals surface area contributed by atoms with Gasteiger partial charge in [-0.15, -0.1) is 0 Å². The molecule has 0 fully saturated rings. The van der Waals surface area contributed by atoms with E-state index >= 15 is 0 Å². The van der Waals surface area contributed by atoms with Crippen LogP contribution in [0.4, 0.5) is 0 Å². The van der Waals surface area contributed by atoms with Crippen molar-refractivity contribution in [3.05, 3.63) is 35.3 Å². The van der Waals surface area contributed by atoms with E-state index in [4.69, 9.17) is 0 Å². The molecule has 0 atom stereocenters. The Morgan fingerprint density at radius 3 is 3.06 bits per heavy atom. The van der Waals surface area contributed by atoms with E-state index in [2.05, 4.69) is 11.9 Å². The predicted molar refractivity (Wildman–Crippen MR) is 67.7 cm³/mol. The molecule has 0 radical (unpaired) electrons. The van der Waals surface area contributed by atoms with Gasteiger partial charge in [0, 0.05) is 18.6 Å². The van der Waals surface area contributed by atoms with Crippen LogP contribution in [-0.2, 0) is 0 Å². The molecule has 0 spiro atoms. The van der Waals surface area contributed by atoms with Gasteiger partial charge < -0.3 is 5.11 Å². The lowest BCUT2D eigenvalue weighted by Gasteiger charge is -2.00. The van der Waals surface area contributed by atoms with Crippen LogP contribution in [0.5, 0.6) is 0 Å². The molecule has 2 heteroatoms.